The average Bonchev–Trinajstić information content (AvgIpc) is 2.91. The van der Waals surface area contributed by atoms with Crippen molar-refractivity contribution in [2.24, 2.45) is 12.0 Å². The number of aryl methyl sites for hydroxylation is 1. The molecule has 0 bridgehead atoms. The minimum Gasteiger partial charge on any atom is -0.357 e. The molecule has 7 heteroatoms. The molecule has 0 spiro atoms. The van der Waals surface area contributed by atoms with Gasteiger partial charge in [-0.15, -0.1) is 0 Å². The fourth-order valence-corrected chi connectivity index (χ4v) is 2.28. The molecule has 0 aliphatic heterocycles. The van der Waals surface area contributed by atoms with Crippen LogP contribution < -0.4 is 5.32 Å². The van der Waals surface area contributed by atoms with Crippen LogP contribution in [0.15, 0.2) is 40.1 Å². The van der Waals surface area contributed by atoms with Crippen LogP contribution in [0, 0.1) is 0 Å². The predicted molar refractivity (Wildman–Crippen MR) is 91.4 cm³/mol. The molecule has 1 aromatic carbocycles. The Kier molecular flexibility index (Phi) is 5.94. The first-order chi connectivity index (χ1) is 10.6. The predicted octanol–water partition coefficient (Wildman–Crippen LogP) is 2.18. The zero-order valence-corrected chi connectivity index (χ0v) is 14.7. The molecular formula is C15H21BrN6. The number of aromatic nitrogens is 3. The van der Waals surface area contributed by atoms with Gasteiger partial charge in [0.05, 0.1) is 0 Å². The van der Waals surface area contributed by atoms with E-state index in [9.17, 15) is 0 Å². The number of benzene rings is 1. The number of aliphatic imine (C=N–C) groups is 1. The standard InChI is InChI=1S/C15H21BrN6/c1-4-17-15(18-9-14-19-11-20-22(14)3)21(2)10-12-5-7-13(16)8-6-12/h5-8,11H,4,9-10H2,1-3H3,(H,17,18). The molecule has 0 fully saturated rings. The van der Waals surface area contributed by atoms with Gasteiger partial charge in [0.25, 0.3) is 0 Å². The van der Waals surface area contributed by atoms with Crippen LogP contribution in [0.4, 0.5) is 0 Å². The minimum atomic E-state index is 0.503. The van der Waals surface area contributed by atoms with Gasteiger partial charge in [-0.2, -0.15) is 5.10 Å². The Labute approximate surface area is 139 Å². The Hall–Kier alpha value is -1.89. The summed E-state index contributed by atoms with van der Waals surface area (Å²) in [5.41, 5.74) is 1.23. The SMILES string of the molecule is CCNC(=NCc1ncnn1C)N(C)Cc1ccc(Br)cc1. The molecule has 0 unspecified atom stereocenters. The van der Waals surface area contributed by atoms with Crippen LogP contribution in [0.5, 0.6) is 0 Å². The van der Waals surface area contributed by atoms with Gasteiger partial charge in [0.1, 0.15) is 18.7 Å². The van der Waals surface area contributed by atoms with Crippen LogP contribution in [-0.2, 0) is 20.1 Å². The van der Waals surface area contributed by atoms with Crippen LogP contribution in [-0.4, -0.2) is 39.2 Å². The van der Waals surface area contributed by atoms with Crippen molar-refractivity contribution in [1.82, 2.24) is 25.0 Å². The molecule has 2 aromatic rings. The summed E-state index contributed by atoms with van der Waals surface area (Å²) in [6, 6.07) is 8.30. The molecule has 1 aromatic heterocycles. The lowest BCUT2D eigenvalue weighted by molar-refractivity contribution is 0.476. The molecule has 6 nitrogen and oxygen atoms in total. The molecule has 0 saturated carbocycles. The molecule has 0 radical (unpaired) electrons. The smallest absolute Gasteiger partial charge is 0.194 e. The van der Waals surface area contributed by atoms with Crippen molar-refractivity contribution in [2.75, 3.05) is 13.6 Å². The Bertz CT molecular complexity index is 619. The monoisotopic (exact) mass is 364 g/mol. The Morgan fingerprint density at radius 3 is 2.68 bits per heavy atom. The number of rotatable bonds is 5. The van der Waals surface area contributed by atoms with Gasteiger partial charge in [0.2, 0.25) is 0 Å². The molecule has 0 aliphatic rings. The minimum absolute atomic E-state index is 0.503. The summed E-state index contributed by atoms with van der Waals surface area (Å²) < 4.78 is 2.82. The molecular weight excluding hydrogens is 344 g/mol. The highest BCUT2D eigenvalue weighted by Gasteiger charge is 2.07. The van der Waals surface area contributed by atoms with Crippen molar-refractivity contribution in [3.05, 3.63) is 46.5 Å². The van der Waals surface area contributed by atoms with Crippen LogP contribution in [0.3, 0.4) is 0 Å². The van der Waals surface area contributed by atoms with Gasteiger partial charge in [-0.05, 0) is 24.6 Å². The number of nitrogens with zero attached hydrogens (tertiary/aromatic N) is 5. The number of nitrogens with one attached hydrogen (secondary N) is 1. The second-order valence-electron chi connectivity index (χ2n) is 4.95. The van der Waals surface area contributed by atoms with Gasteiger partial charge < -0.3 is 10.2 Å². The number of hydrogen-bond donors (Lipinski definition) is 1. The largest absolute Gasteiger partial charge is 0.357 e. The molecule has 0 saturated heterocycles. The molecule has 0 amide bonds. The zero-order chi connectivity index (χ0) is 15.9. The highest BCUT2D eigenvalue weighted by molar-refractivity contribution is 9.10. The number of hydrogen-bond acceptors (Lipinski definition) is 3. The van der Waals surface area contributed by atoms with Crippen molar-refractivity contribution in [3.8, 4) is 0 Å². The fourth-order valence-electron chi connectivity index (χ4n) is 2.02. The van der Waals surface area contributed by atoms with Crippen molar-refractivity contribution >= 4 is 21.9 Å². The van der Waals surface area contributed by atoms with E-state index >= 15 is 0 Å². The van der Waals surface area contributed by atoms with E-state index in [2.05, 4.69) is 60.3 Å². The van der Waals surface area contributed by atoms with Crippen LogP contribution in [0.1, 0.15) is 18.3 Å². The summed E-state index contributed by atoms with van der Waals surface area (Å²) in [5.74, 6) is 1.70. The Balaban J connectivity index is 2.05. The van der Waals surface area contributed by atoms with Crippen LogP contribution in [0.25, 0.3) is 0 Å². The third-order valence-corrected chi connectivity index (χ3v) is 3.73. The molecule has 118 valence electrons. The average molecular weight is 365 g/mol. The fraction of sp³-hybridized carbons (Fsp3) is 0.400. The van der Waals surface area contributed by atoms with Gasteiger partial charge in [-0.3, -0.25) is 4.68 Å². The molecule has 1 heterocycles. The zero-order valence-electron chi connectivity index (χ0n) is 13.1. The van der Waals surface area contributed by atoms with Crippen LogP contribution in [0.2, 0.25) is 0 Å². The summed E-state index contributed by atoms with van der Waals surface area (Å²) in [5, 5.41) is 7.36. The molecule has 0 atom stereocenters. The van der Waals surface area contributed by atoms with Gasteiger partial charge >= 0.3 is 0 Å². The first-order valence-electron chi connectivity index (χ1n) is 7.17. The Morgan fingerprint density at radius 2 is 2.09 bits per heavy atom. The van der Waals surface area contributed by atoms with E-state index in [1.807, 2.05) is 26.2 Å². The maximum absolute atomic E-state index is 4.63. The van der Waals surface area contributed by atoms with Gasteiger partial charge in [-0.25, -0.2) is 9.98 Å². The highest BCUT2D eigenvalue weighted by atomic mass is 79.9. The maximum Gasteiger partial charge on any atom is 0.194 e. The van der Waals surface area contributed by atoms with Crippen LogP contribution >= 0.6 is 15.9 Å². The van der Waals surface area contributed by atoms with Gasteiger partial charge in [-0.1, -0.05) is 28.1 Å². The first-order valence-corrected chi connectivity index (χ1v) is 7.96. The summed E-state index contributed by atoms with van der Waals surface area (Å²) in [6.45, 7) is 4.18. The van der Waals surface area contributed by atoms with E-state index in [1.165, 1.54) is 5.56 Å². The molecule has 1 N–H and O–H groups in total. The van der Waals surface area contributed by atoms with Gasteiger partial charge in [0, 0.05) is 31.7 Å². The topological polar surface area (TPSA) is 58.3 Å². The third kappa shape index (κ3) is 4.56. The summed E-state index contributed by atoms with van der Waals surface area (Å²) in [7, 11) is 3.90. The van der Waals surface area contributed by atoms with Crippen molar-refractivity contribution in [3.63, 3.8) is 0 Å². The van der Waals surface area contributed by atoms with Crippen molar-refractivity contribution in [1.29, 1.82) is 0 Å². The van der Waals surface area contributed by atoms with Gasteiger partial charge in [0.15, 0.2) is 5.96 Å². The third-order valence-electron chi connectivity index (χ3n) is 3.20. The number of halogens is 1. The molecule has 2 rings (SSSR count). The summed E-state index contributed by atoms with van der Waals surface area (Å²) in [4.78, 5) is 10.9. The van der Waals surface area contributed by atoms with Crippen molar-refractivity contribution in [2.45, 2.75) is 20.0 Å². The lowest BCUT2D eigenvalue weighted by Gasteiger charge is -2.22. The van der Waals surface area contributed by atoms with E-state index in [0.29, 0.717) is 6.54 Å². The maximum atomic E-state index is 4.63. The van der Waals surface area contributed by atoms with E-state index < -0.39 is 0 Å². The summed E-state index contributed by atoms with van der Waals surface area (Å²) >= 11 is 3.45. The summed E-state index contributed by atoms with van der Waals surface area (Å²) in [6.07, 6.45) is 1.54. The number of guanidine groups is 1. The van der Waals surface area contributed by atoms with E-state index in [-0.39, 0.29) is 0 Å². The van der Waals surface area contributed by atoms with Crippen molar-refractivity contribution < 1.29 is 0 Å². The Morgan fingerprint density at radius 1 is 1.36 bits per heavy atom. The highest BCUT2D eigenvalue weighted by Crippen LogP contribution is 2.12. The lowest BCUT2D eigenvalue weighted by atomic mass is 10.2. The van der Waals surface area contributed by atoms with E-state index in [0.717, 1.165) is 29.3 Å². The second-order valence-corrected chi connectivity index (χ2v) is 5.87. The quantitative estimate of drug-likeness (QED) is 0.652. The second kappa shape index (κ2) is 7.93. The lowest BCUT2D eigenvalue weighted by Crippen LogP contribution is -2.38. The van der Waals surface area contributed by atoms with E-state index in [1.54, 1.807) is 11.0 Å². The molecule has 22 heavy (non-hydrogen) atoms. The first kappa shape index (κ1) is 16.5. The normalized spacial score (nSPS) is 11.5. The molecule has 0 aliphatic carbocycles. The van der Waals surface area contributed by atoms with E-state index in [4.69, 9.17) is 0 Å².